The van der Waals surface area contributed by atoms with E-state index in [0.717, 1.165) is 5.39 Å². The fourth-order valence-corrected chi connectivity index (χ4v) is 3.42. The van der Waals surface area contributed by atoms with E-state index in [1.165, 1.54) is 12.1 Å². The van der Waals surface area contributed by atoms with Gasteiger partial charge < -0.3 is 24.9 Å². The number of phenols is 1. The number of ether oxygens (including phenoxy) is 1. The molecule has 0 atom stereocenters. The van der Waals surface area contributed by atoms with E-state index >= 15 is 0 Å². The van der Waals surface area contributed by atoms with Crippen LogP contribution in [0.4, 0.5) is 0 Å². The van der Waals surface area contributed by atoms with Crippen LogP contribution in [0.25, 0.3) is 11.0 Å². The summed E-state index contributed by atoms with van der Waals surface area (Å²) in [7, 11) is 0. The molecule has 2 amide bonds. The number of aromatic hydroxyl groups is 1. The number of nitrogens with one attached hydrogen (secondary N) is 2. The molecule has 4 aromatic rings. The number of rotatable bonds is 9. The molecule has 1 aromatic heterocycles. The highest BCUT2D eigenvalue weighted by Gasteiger charge is 2.20. The van der Waals surface area contributed by atoms with Gasteiger partial charge in [-0.2, -0.15) is 0 Å². The fourth-order valence-electron chi connectivity index (χ4n) is 3.42. The largest absolute Gasteiger partial charge is 0.508 e. The predicted octanol–water partition coefficient (Wildman–Crippen LogP) is 4.27. The van der Waals surface area contributed by atoms with Crippen molar-refractivity contribution in [3.63, 3.8) is 0 Å². The zero-order valence-corrected chi connectivity index (χ0v) is 17.9. The molecule has 4 rings (SSSR count). The van der Waals surface area contributed by atoms with E-state index in [1.807, 2.05) is 54.6 Å². The van der Waals surface area contributed by atoms with Gasteiger partial charge in [-0.15, -0.1) is 0 Å². The van der Waals surface area contributed by atoms with Crippen molar-refractivity contribution >= 4 is 22.8 Å². The molecule has 0 fully saturated rings. The Kier molecular flexibility index (Phi) is 6.90. The van der Waals surface area contributed by atoms with Crippen LogP contribution in [0, 0.1) is 0 Å². The highest BCUT2D eigenvalue weighted by atomic mass is 16.5. The maximum atomic E-state index is 12.8. The van der Waals surface area contributed by atoms with Crippen LogP contribution >= 0.6 is 0 Å². The smallest absolute Gasteiger partial charge is 0.287 e. The Balaban J connectivity index is 1.34. The van der Waals surface area contributed by atoms with Gasteiger partial charge in [0.25, 0.3) is 11.8 Å². The second kappa shape index (κ2) is 10.4. The van der Waals surface area contributed by atoms with Gasteiger partial charge in [-0.1, -0.05) is 42.5 Å². The summed E-state index contributed by atoms with van der Waals surface area (Å²) in [5.41, 5.74) is 1.68. The molecule has 0 radical (unpaired) electrons. The first-order valence-corrected chi connectivity index (χ1v) is 10.7. The molecule has 3 N–H and O–H groups in total. The normalized spacial score (nSPS) is 10.7. The zero-order valence-electron chi connectivity index (χ0n) is 17.9. The fraction of sp³-hybridized carbons (Fsp3) is 0.154. The van der Waals surface area contributed by atoms with E-state index in [9.17, 15) is 14.7 Å². The van der Waals surface area contributed by atoms with Crippen LogP contribution in [0.5, 0.6) is 11.5 Å². The summed E-state index contributed by atoms with van der Waals surface area (Å²) in [5.74, 6) is 0.340. The van der Waals surface area contributed by atoms with Crippen molar-refractivity contribution < 1.29 is 23.8 Å². The second-order valence-corrected chi connectivity index (χ2v) is 7.42. The lowest BCUT2D eigenvalue weighted by molar-refractivity contribution is 0.0924. The van der Waals surface area contributed by atoms with Crippen LogP contribution in [0.1, 0.15) is 32.9 Å². The van der Waals surface area contributed by atoms with Crippen LogP contribution in [-0.4, -0.2) is 30.0 Å². The Hall–Kier alpha value is -4.26. The molecule has 0 aliphatic rings. The SMILES string of the molecule is O=C(NCCCNC(=O)c1oc2ccccc2c1COc1ccccc1)c1cccc(O)c1. The van der Waals surface area contributed by atoms with Gasteiger partial charge in [-0.25, -0.2) is 0 Å². The lowest BCUT2D eigenvalue weighted by Crippen LogP contribution is -2.30. The standard InChI is InChI=1S/C26H24N2O5/c29-19-9-6-8-18(16-19)25(30)27-14-7-15-28-26(31)24-22(17-32-20-10-2-1-3-11-20)21-12-4-5-13-23(21)33-24/h1-6,8-13,16,29H,7,14-15,17H2,(H,27,30)(H,28,31). The Morgan fingerprint density at radius 1 is 0.848 bits per heavy atom. The second-order valence-electron chi connectivity index (χ2n) is 7.42. The minimum absolute atomic E-state index is 0.0350. The van der Waals surface area contributed by atoms with Crippen molar-refractivity contribution in [1.29, 1.82) is 0 Å². The Morgan fingerprint density at radius 2 is 1.58 bits per heavy atom. The molecule has 0 aliphatic heterocycles. The monoisotopic (exact) mass is 444 g/mol. The predicted molar refractivity (Wildman–Crippen MR) is 124 cm³/mol. The van der Waals surface area contributed by atoms with Crippen molar-refractivity contribution in [1.82, 2.24) is 10.6 Å². The molecule has 0 saturated heterocycles. The molecule has 1 heterocycles. The highest BCUT2D eigenvalue weighted by Crippen LogP contribution is 2.27. The Bertz CT molecular complexity index is 1250. The quantitative estimate of drug-likeness (QED) is 0.335. The summed E-state index contributed by atoms with van der Waals surface area (Å²) in [5, 5.41) is 15.9. The van der Waals surface area contributed by atoms with Crippen molar-refractivity contribution in [3.8, 4) is 11.5 Å². The number of fused-ring (bicyclic) bond motifs is 1. The summed E-state index contributed by atoms with van der Waals surface area (Å²) in [6.07, 6.45) is 0.534. The molecule has 7 heteroatoms. The van der Waals surface area contributed by atoms with E-state index in [-0.39, 0.29) is 29.9 Å². The topological polar surface area (TPSA) is 101 Å². The summed E-state index contributed by atoms with van der Waals surface area (Å²) >= 11 is 0. The lowest BCUT2D eigenvalue weighted by Gasteiger charge is -2.08. The van der Waals surface area contributed by atoms with Gasteiger partial charge in [0.05, 0.1) is 0 Å². The van der Waals surface area contributed by atoms with Crippen molar-refractivity contribution in [2.24, 2.45) is 0 Å². The van der Waals surface area contributed by atoms with Crippen molar-refractivity contribution in [2.75, 3.05) is 13.1 Å². The minimum atomic E-state index is -0.336. The molecule has 0 bridgehead atoms. The number of amides is 2. The lowest BCUT2D eigenvalue weighted by atomic mass is 10.1. The van der Waals surface area contributed by atoms with Crippen molar-refractivity contribution in [2.45, 2.75) is 13.0 Å². The van der Waals surface area contributed by atoms with E-state index in [0.29, 0.717) is 42.0 Å². The van der Waals surface area contributed by atoms with Crippen LogP contribution in [0.2, 0.25) is 0 Å². The first kappa shape index (κ1) is 22.0. The van der Waals surface area contributed by atoms with Crippen molar-refractivity contribution in [3.05, 3.63) is 95.7 Å². The number of carbonyl (C=O) groups excluding carboxylic acids is 2. The summed E-state index contributed by atoms with van der Waals surface area (Å²) in [6.45, 7) is 0.928. The molecule has 0 saturated carbocycles. The third-order valence-electron chi connectivity index (χ3n) is 5.06. The maximum absolute atomic E-state index is 12.8. The van der Waals surface area contributed by atoms with Gasteiger partial charge in [0, 0.05) is 29.6 Å². The van der Waals surface area contributed by atoms with Crippen LogP contribution < -0.4 is 15.4 Å². The number of furan rings is 1. The molecule has 7 nitrogen and oxygen atoms in total. The number of hydrogen-bond donors (Lipinski definition) is 3. The molecular formula is C26H24N2O5. The molecule has 168 valence electrons. The van der Waals surface area contributed by atoms with Gasteiger partial charge in [-0.3, -0.25) is 9.59 Å². The first-order valence-electron chi connectivity index (χ1n) is 10.7. The first-order chi connectivity index (χ1) is 16.1. The van der Waals surface area contributed by atoms with Gasteiger partial charge in [0.15, 0.2) is 5.76 Å². The third-order valence-corrected chi connectivity index (χ3v) is 5.06. The molecule has 3 aromatic carbocycles. The van der Waals surface area contributed by atoms with E-state index in [4.69, 9.17) is 9.15 Å². The number of benzene rings is 3. The average Bonchev–Trinajstić information content (AvgIpc) is 3.21. The summed E-state index contributed by atoms with van der Waals surface area (Å²) in [4.78, 5) is 24.9. The molecular weight excluding hydrogens is 420 g/mol. The Morgan fingerprint density at radius 3 is 2.36 bits per heavy atom. The summed E-state index contributed by atoms with van der Waals surface area (Å²) < 4.78 is 11.7. The summed E-state index contributed by atoms with van der Waals surface area (Å²) in [6, 6.07) is 23.0. The molecule has 0 unspecified atom stereocenters. The van der Waals surface area contributed by atoms with Gasteiger partial charge in [-0.05, 0) is 42.8 Å². The highest BCUT2D eigenvalue weighted by molar-refractivity contribution is 5.99. The zero-order chi connectivity index (χ0) is 23.0. The van der Waals surface area contributed by atoms with E-state index in [2.05, 4.69) is 10.6 Å². The molecule has 0 spiro atoms. The number of hydrogen-bond acceptors (Lipinski definition) is 5. The van der Waals surface area contributed by atoms with E-state index in [1.54, 1.807) is 12.1 Å². The van der Waals surface area contributed by atoms with Crippen LogP contribution in [0.15, 0.2) is 83.3 Å². The van der Waals surface area contributed by atoms with Gasteiger partial charge in [0.2, 0.25) is 0 Å². The maximum Gasteiger partial charge on any atom is 0.287 e. The third kappa shape index (κ3) is 5.51. The molecule has 0 aliphatic carbocycles. The minimum Gasteiger partial charge on any atom is -0.508 e. The van der Waals surface area contributed by atoms with E-state index < -0.39 is 0 Å². The molecule has 33 heavy (non-hydrogen) atoms. The van der Waals surface area contributed by atoms with Gasteiger partial charge >= 0.3 is 0 Å². The number of phenolic OH excluding ortho intramolecular Hbond substituents is 1. The Labute approximate surface area is 191 Å². The number of para-hydroxylation sites is 2. The van der Waals surface area contributed by atoms with Crippen LogP contribution in [-0.2, 0) is 6.61 Å². The van der Waals surface area contributed by atoms with Gasteiger partial charge in [0.1, 0.15) is 23.7 Å². The number of carbonyl (C=O) groups is 2. The average molecular weight is 444 g/mol. The van der Waals surface area contributed by atoms with Crippen LogP contribution in [0.3, 0.4) is 0 Å².